The zero-order chi connectivity index (χ0) is 8.27. The van der Waals surface area contributed by atoms with Crippen LogP contribution in [0.3, 0.4) is 0 Å². The molecule has 0 radical (unpaired) electrons. The minimum absolute atomic E-state index is 0.384. The minimum Gasteiger partial charge on any atom is -0.377 e. The first-order valence-electron chi connectivity index (χ1n) is 4.59. The Bertz CT molecular complexity index is 112. The molecule has 0 aromatic carbocycles. The summed E-state index contributed by atoms with van der Waals surface area (Å²) in [6.45, 7) is 9.76. The van der Waals surface area contributed by atoms with Gasteiger partial charge in [-0.1, -0.05) is 6.92 Å². The van der Waals surface area contributed by atoms with E-state index in [9.17, 15) is 0 Å². The lowest BCUT2D eigenvalue weighted by Gasteiger charge is -2.40. The number of hydrogen-bond donors (Lipinski definition) is 0. The van der Waals surface area contributed by atoms with Crippen LogP contribution < -0.4 is 0 Å². The van der Waals surface area contributed by atoms with E-state index in [1.165, 1.54) is 19.5 Å². The second-order valence-electron chi connectivity index (χ2n) is 3.45. The van der Waals surface area contributed by atoms with Crippen LogP contribution in [0.15, 0.2) is 0 Å². The van der Waals surface area contributed by atoms with Crippen molar-refractivity contribution in [3.05, 3.63) is 0 Å². The molecule has 1 saturated heterocycles. The highest BCUT2D eigenvalue weighted by Crippen LogP contribution is 2.16. The molecule has 1 fully saturated rings. The van der Waals surface area contributed by atoms with Crippen molar-refractivity contribution < 1.29 is 4.74 Å². The maximum absolute atomic E-state index is 5.54. The smallest absolute Gasteiger partial charge is 0.0625 e. The zero-order valence-corrected chi connectivity index (χ0v) is 7.84. The van der Waals surface area contributed by atoms with Crippen LogP contribution in [0.5, 0.6) is 0 Å². The van der Waals surface area contributed by atoms with E-state index in [4.69, 9.17) is 4.74 Å². The summed E-state index contributed by atoms with van der Waals surface area (Å²) in [5.74, 6) is 0. The van der Waals surface area contributed by atoms with Crippen LogP contribution in [-0.4, -0.2) is 36.7 Å². The van der Waals surface area contributed by atoms with Gasteiger partial charge in [0, 0.05) is 12.6 Å². The summed E-state index contributed by atoms with van der Waals surface area (Å²) in [7, 11) is 0. The lowest BCUT2D eigenvalue weighted by molar-refractivity contribution is -0.0145. The molecule has 1 atom stereocenters. The summed E-state index contributed by atoms with van der Waals surface area (Å²) < 4.78 is 5.54. The Morgan fingerprint density at radius 1 is 1.55 bits per heavy atom. The molecule has 0 N–H and O–H groups in total. The van der Waals surface area contributed by atoms with Crippen LogP contribution in [0.25, 0.3) is 0 Å². The van der Waals surface area contributed by atoms with Gasteiger partial charge in [0.1, 0.15) is 0 Å². The lowest BCUT2D eigenvalue weighted by atomic mass is 10.0. The van der Waals surface area contributed by atoms with E-state index in [-0.39, 0.29) is 0 Å². The first-order chi connectivity index (χ1) is 5.24. The molecule has 0 aromatic heterocycles. The minimum atomic E-state index is 0.384. The number of hydrogen-bond acceptors (Lipinski definition) is 2. The van der Waals surface area contributed by atoms with Gasteiger partial charge >= 0.3 is 0 Å². The van der Waals surface area contributed by atoms with Crippen LogP contribution in [-0.2, 0) is 4.74 Å². The van der Waals surface area contributed by atoms with Crippen molar-refractivity contribution in [1.82, 2.24) is 4.90 Å². The Morgan fingerprint density at radius 2 is 2.27 bits per heavy atom. The molecule has 1 rings (SSSR count). The van der Waals surface area contributed by atoms with Crippen molar-refractivity contribution in [3.63, 3.8) is 0 Å². The van der Waals surface area contributed by atoms with Gasteiger partial charge in [-0.25, -0.2) is 0 Å². The third-order valence-corrected chi connectivity index (χ3v) is 2.29. The molecule has 0 amide bonds. The molecule has 2 nitrogen and oxygen atoms in total. The molecule has 66 valence electrons. The molecule has 0 bridgehead atoms. The molecule has 1 heterocycles. The quantitative estimate of drug-likeness (QED) is 0.613. The zero-order valence-electron chi connectivity index (χ0n) is 7.84. The summed E-state index contributed by atoms with van der Waals surface area (Å²) in [5.41, 5.74) is 0. The number of nitrogens with zero attached hydrogens (tertiary/aromatic N) is 1. The van der Waals surface area contributed by atoms with Crippen LogP contribution in [0, 0.1) is 0 Å². The Morgan fingerprint density at radius 3 is 2.64 bits per heavy atom. The topological polar surface area (TPSA) is 12.5 Å². The molecule has 0 aliphatic carbocycles. The number of ether oxygens (including phenoxy) is 1. The highest BCUT2D eigenvalue weighted by atomic mass is 16.5. The van der Waals surface area contributed by atoms with Crippen molar-refractivity contribution in [1.29, 1.82) is 0 Å². The third kappa shape index (κ3) is 2.46. The Balaban J connectivity index is 2.07. The Kier molecular flexibility index (Phi) is 3.34. The summed E-state index contributed by atoms with van der Waals surface area (Å²) >= 11 is 0. The van der Waals surface area contributed by atoms with E-state index in [2.05, 4.69) is 25.7 Å². The van der Waals surface area contributed by atoms with Crippen molar-refractivity contribution in [2.24, 2.45) is 0 Å². The molecular weight excluding hydrogens is 138 g/mol. The van der Waals surface area contributed by atoms with Crippen molar-refractivity contribution in [3.8, 4) is 0 Å². The van der Waals surface area contributed by atoms with E-state index in [1.807, 2.05) is 0 Å². The van der Waals surface area contributed by atoms with Crippen LogP contribution in [0.4, 0.5) is 0 Å². The molecule has 0 saturated carbocycles. The summed E-state index contributed by atoms with van der Waals surface area (Å²) in [6.07, 6.45) is 1.70. The van der Waals surface area contributed by atoms with Gasteiger partial charge in [0.15, 0.2) is 0 Å². The van der Waals surface area contributed by atoms with Gasteiger partial charge < -0.3 is 4.74 Å². The highest BCUT2D eigenvalue weighted by Gasteiger charge is 2.26. The van der Waals surface area contributed by atoms with Crippen LogP contribution in [0.1, 0.15) is 27.2 Å². The van der Waals surface area contributed by atoms with Gasteiger partial charge in [-0.05, 0) is 26.8 Å². The fraction of sp³-hybridized carbons (Fsp3) is 1.00. The largest absolute Gasteiger partial charge is 0.377 e. The van der Waals surface area contributed by atoms with Crippen LogP contribution in [0.2, 0.25) is 0 Å². The van der Waals surface area contributed by atoms with E-state index < -0.39 is 0 Å². The van der Waals surface area contributed by atoms with Gasteiger partial charge in [-0.3, -0.25) is 4.90 Å². The van der Waals surface area contributed by atoms with E-state index >= 15 is 0 Å². The normalized spacial score (nSPS) is 25.6. The molecule has 1 aliphatic heterocycles. The molecular formula is C9H19NO. The van der Waals surface area contributed by atoms with E-state index in [1.54, 1.807) is 0 Å². The third-order valence-electron chi connectivity index (χ3n) is 2.29. The van der Waals surface area contributed by atoms with E-state index in [0.717, 1.165) is 6.61 Å². The standard InChI is InChI=1S/C9H19NO/c1-4-10-6-5-9(10)7-11-8(2)3/h8-9H,4-7H2,1-3H3/t9-/m0/s1. The summed E-state index contributed by atoms with van der Waals surface area (Å²) in [4.78, 5) is 2.46. The molecule has 11 heavy (non-hydrogen) atoms. The fourth-order valence-electron chi connectivity index (χ4n) is 1.40. The molecule has 0 unspecified atom stereocenters. The number of likely N-dealkylation sites (N-methyl/N-ethyl adjacent to an activating group) is 1. The van der Waals surface area contributed by atoms with Gasteiger partial charge in [-0.15, -0.1) is 0 Å². The maximum atomic E-state index is 5.54. The second-order valence-corrected chi connectivity index (χ2v) is 3.45. The highest BCUT2D eigenvalue weighted by molar-refractivity contribution is 4.81. The van der Waals surface area contributed by atoms with Gasteiger partial charge in [0.05, 0.1) is 12.7 Å². The van der Waals surface area contributed by atoms with Crippen molar-refractivity contribution in [2.75, 3.05) is 19.7 Å². The van der Waals surface area contributed by atoms with E-state index in [0.29, 0.717) is 12.1 Å². The predicted octanol–water partition coefficient (Wildman–Crippen LogP) is 1.51. The Hall–Kier alpha value is -0.0800. The molecule has 0 spiro atoms. The molecule has 1 aliphatic rings. The molecule has 0 aromatic rings. The first kappa shape index (κ1) is 9.01. The lowest BCUT2D eigenvalue weighted by Crippen LogP contribution is -2.50. The van der Waals surface area contributed by atoms with Crippen molar-refractivity contribution >= 4 is 0 Å². The predicted molar refractivity (Wildman–Crippen MR) is 46.7 cm³/mol. The number of rotatable bonds is 4. The number of likely N-dealkylation sites (tertiary alicyclic amines) is 1. The SMILES string of the molecule is CCN1CC[C@H]1COC(C)C. The van der Waals surface area contributed by atoms with Crippen molar-refractivity contribution in [2.45, 2.75) is 39.3 Å². The average molecular weight is 157 g/mol. The fourth-order valence-corrected chi connectivity index (χ4v) is 1.40. The first-order valence-corrected chi connectivity index (χ1v) is 4.59. The molecule has 2 heteroatoms. The monoisotopic (exact) mass is 157 g/mol. The van der Waals surface area contributed by atoms with Gasteiger partial charge in [-0.2, -0.15) is 0 Å². The second kappa shape index (κ2) is 4.07. The van der Waals surface area contributed by atoms with Crippen LogP contribution >= 0.6 is 0 Å². The summed E-state index contributed by atoms with van der Waals surface area (Å²) in [5, 5.41) is 0. The Labute approximate surface area is 69.5 Å². The average Bonchev–Trinajstić information content (AvgIpc) is 1.86. The van der Waals surface area contributed by atoms with Gasteiger partial charge in [0.2, 0.25) is 0 Å². The van der Waals surface area contributed by atoms with Gasteiger partial charge in [0.25, 0.3) is 0 Å². The summed E-state index contributed by atoms with van der Waals surface area (Å²) in [6, 6.07) is 0.711. The maximum Gasteiger partial charge on any atom is 0.0625 e.